The Morgan fingerprint density at radius 2 is 2.00 bits per heavy atom. The summed E-state index contributed by atoms with van der Waals surface area (Å²) in [5, 5.41) is 12.1. The van der Waals surface area contributed by atoms with Gasteiger partial charge in [-0.15, -0.1) is 10.2 Å². The summed E-state index contributed by atoms with van der Waals surface area (Å²) in [5.74, 6) is 0.767. The number of hydrogen-bond acceptors (Lipinski definition) is 4. The van der Waals surface area contributed by atoms with Crippen molar-refractivity contribution in [1.82, 2.24) is 20.1 Å². The lowest BCUT2D eigenvalue weighted by Gasteiger charge is -2.11. The van der Waals surface area contributed by atoms with Crippen LogP contribution in [0.5, 0.6) is 0 Å². The molecule has 1 N–H and O–H groups in total. The van der Waals surface area contributed by atoms with Crippen molar-refractivity contribution >= 4 is 17.7 Å². The van der Waals surface area contributed by atoms with Crippen LogP contribution in [-0.2, 0) is 6.54 Å². The largest absolute Gasteiger partial charge is 0.345 e. The van der Waals surface area contributed by atoms with E-state index in [-0.39, 0.29) is 18.0 Å². The number of rotatable bonds is 7. The Hall–Kier alpha value is -2.67. The van der Waals surface area contributed by atoms with E-state index in [1.807, 2.05) is 29.7 Å². The van der Waals surface area contributed by atoms with Crippen LogP contribution in [0.3, 0.4) is 0 Å². The fourth-order valence-corrected chi connectivity index (χ4v) is 3.44. The number of carbonyl (C=O) groups excluding carboxylic acids is 1. The molecule has 0 aliphatic rings. The van der Waals surface area contributed by atoms with Gasteiger partial charge in [-0.25, -0.2) is 4.39 Å². The van der Waals surface area contributed by atoms with Crippen LogP contribution in [0, 0.1) is 12.7 Å². The van der Waals surface area contributed by atoms with Crippen molar-refractivity contribution in [1.29, 1.82) is 0 Å². The second-order valence-electron chi connectivity index (χ2n) is 6.11. The third-order valence-electron chi connectivity index (χ3n) is 3.89. The smallest absolute Gasteiger partial charge is 0.251 e. The van der Waals surface area contributed by atoms with Crippen molar-refractivity contribution in [3.8, 4) is 5.69 Å². The second kappa shape index (κ2) is 8.81. The number of hydrogen-bond donors (Lipinski definition) is 1. The highest BCUT2D eigenvalue weighted by Gasteiger charge is 2.16. The molecule has 3 rings (SSSR count). The first-order valence-electron chi connectivity index (χ1n) is 8.76. The third kappa shape index (κ3) is 4.74. The lowest BCUT2D eigenvalue weighted by molar-refractivity contribution is 0.0949. The molecule has 140 valence electrons. The Balaban J connectivity index is 1.84. The molecule has 0 atom stereocenters. The minimum atomic E-state index is -0.441. The van der Waals surface area contributed by atoms with E-state index in [4.69, 9.17) is 0 Å². The van der Waals surface area contributed by atoms with Crippen molar-refractivity contribution in [2.24, 2.45) is 0 Å². The number of aryl methyl sites for hydroxylation is 1. The molecule has 0 radical (unpaired) electrons. The maximum absolute atomic E-state index is 13.3. The lowest BCUT2D eigenvalue weighted by Crippen LogP contribution is -2.24. The summed E-state index contributed by atoms with van der Waals surface area (Å²) in [7, 11) is 0. The number of carbonyl (C=O) groups is 1. The zero-order chi connectivity index (χ0) is 19.2. The van der Waals surface area contributed by atoms with Gasteiger partial charge >= 0.3 is 0 Å². The summed E-state index contributed by atoms with van der Waals surface area (Å²) in [4.78, 5) is 12.3. The van der Waals surface area contributed by atoms with Crippen LogP contribution >= 0.6 is 11.8 Å². The SMILES string of the molecule is CCCSc1nnc(CNC(=O)c2cccc(F)c2)n1-c1cccc(C)c1. The van der Waals surface area contributed by atoms with Gasteiger partial charge in [-0.05, 0) is 49.2 Å². The minimum Gasteiger partial charge on any atom is -0.345 e. The monoisotopic (exact) mass is 384 g/mol. The molecule has 0 saturated heterocycles. The van der Waals surface area contributed by atoms with Gasteiger partial charge in [0, 0.05) is 17.0 Å². The van der Waals surface area contributed by atoms with E-state index in [1.165, 1.54) is 18.2 Å². The molecular weight excluding hydrogens is 363 g/mol. The first-order valence-corrected chi connectivity index (χ1v) is 9.75. The lowest BCUT2D eigenvalue weighted by atomic mass is 10.2. The Bertz CT molecular complexity index is 941. The van der Waals surface area contributed by atoms with Gasteiger partial charge in [0.05, 0.1) is 6.54 Å². The van der Waals surface area contributed by atoms with E-state index in [0.29, 0.717) is 5.82 Å². The Morgan fingerprint density at radius 3 is 2.74 bits per heavy atom. The van der Waals surface area contributed by atoms with Gasteiger partial charge in [-0.1, -0.05) is 36.9 Å². The zero-order valence-electron chi connectivity index (χ0n) is 15.3. The van der Waals surface area contributed by atoms with Gasteiger partial charge in [0.1, 0.15) is 5.82 Å². The molecule has 0 fully saturated rings. The quantitative estimate of drug-likeness (QED) is 0.622. The Kier molecular flexibility index (Phi) is 6.24. The molecule has 1 aromatic heterocycles. The maximum atomic E-state index is 13.3. The van der Waals surface area contributed by atoms with Crippen LogP contribution in [0.1, 0.15) is 35.1 Å². The third-order valence-corrected chi connectivity index (χ3v) is 5.02. The first-order chi connectivity index (χ1) is 13.1. The van der Waals surface area contributed by atoms with Crippen LogP contribution in [-0.4, -0.2) is 26.4 Å². The molecule has 2 aromatic carbocycles. The van der Waals surface area contributed by atoms with E-state index in [1.54, 1.807) is 17.8 Å². The van der Waals surface area contributed by atoms with E-state index in [0.717, 1.165) is 28.6 Å². The summed E-state index contributed by atoms with van der Waals surface area (Å²) < 4.78 is 15.3. The first kappa shape index (κ1) is 19.1. The van der Waals surface area contributed by atoms with Crippen molar-refractivity contribution in [2.45, 2.75) is 32.0 Å². The molecule has 1 heterocycles. The van der Waals surface area contributed by atoms with Crippen molar-refractivity contribution in [3.05, 3.63) is 71.3 Å². The molecule has 1 amide bonds. The standard InChI is InChI=1S/C20H21FN4OS/c1-3-10-27-20-24-23-18(25(20)17-9-4-6-14(2)11-17)13-22-19(26)15-7-5-8-16(21)12-15/h4-9,11-12H,3,10,13H2,1-2H3,(H,22,26). The normalized spacial score (nSPS) is 10.8. The summed E-state index contributed by atoms with van der Waals surface area (Å²) >= 11 is 1.63. The van der Waals surface area contributed by atoms with Crippen LogP contribution < -0.4 is 5.32 Å². The predicted molar refractivity (Wildman–Crippen MR) is 105 cm³/mol. The topological polar surface area (TPSA) is 59.8 Å². The fraction of sp³-hybridized carbons (Fsp3) is 0.250. The summed E-state index contributed by atoms with van der Waals surface area (Å²) in [5.41, 5.74) is 2.35. The van der Waals surface area contributed by atoms with E-state index < -0.39 is 5.82 Å². The van der Waals surface area contributed by atoms with Crippen molar-refractivity contribution in [3.63, 3.8) is 0 Å². The Morgan fingerprint density at radius 1 is 1.19 bits per heavy atom. The van der Waals surface area contributed by atoms with Crippen LogP contribution in [0.15, 0.2) is 53.7 Å². The highest BCUT2D eigenvalue weighted by atomic mass is 32.2. The molecule has 0 bridgehead atoms. The molecule has 0 unspecified atom stereocenters. The second-order valence-corrected chi connectivity index (χ2v) is 7.18. The maximum Gasteiger partial charge on any atom is 0.251 e. The minimum absolute atomic E-state index is 0.197. The van der Waals surface area contributed by atoms with Gasteiger partial charge in [-0.3, -0.25) is 9.36 Å². The highest BCUT2D eigenvalue weighted by Crippen LogP contribution is 2.23. The number of nitrogens with zero attached hydrogens (tertiary/aromatic N) is 3. The van der Waals surface area contributed by atoms with Gasteiger partial charge in [0.2, 0.25) is 0 Å². The van der Waals surface area contributed by atoms with Crippen LogP contribution in [0.25, 0.3) is 5.69 Å². The summed E-state index contributed by atoms with van der Waals surface area (Å²) in [6.07, 6.45) is 1.02. The molecule has 5 nitrogen and oxygen atoms in total. The number of benzene rings is 2. The number of nitrogens with one attached hydrogen (secondary N) is 1. The molecule has 3 aromatic rings. The number of aromatic nitrogens is 3. The summed E-state index contributed by atoms with van der Waals surface area (Å²) in [6.45, 7) is 4.33. The highest BCUT2D eigenvalue weighted by molar-refractivity contribution is 7.99. The molecule has 7 heteroatoms. The van der Waals surface area contributed by atoms with E-state index in [9.17, 15) is 9.18 Å². The average molecular weight is 384 g/mol. The fourth-order valence-electron chi connectivity index (χ4n) is 2.62. The predicted octanol–water partition coefficient (Wildman–Crippen LogP) is 4.15. The summed E-state index contributed by atoms with van der Waals surface area (Å²) in [6, 6.07) is 13.7. The molecular formula is C20H21FN4OS. The zero-order valence-corrected chi connectivity index (χ0v) is 16.1. The number of amides is 1. The average Bonchev–Trinajstić information content (AvgIpc) is 3.07. The van der Waals surface area contributed by atoms with Crippen molar-refractivity contribution in [2.75, 3.05) is 5.75 Å². The molecule has 0 aliphatic heterocycles. The number of halogens is 1. The molecule has 27 heavy (non-hydrogen) atoms. The van der Waals surface area contributed by atoms with E-state index in [2.05, 4.69) is 28.5 Å². The Labute approximate surface area is 162 Å². The van der Waals surface area contributed by atoms with Gasteiger partial charge in [0.25, 0.3) is 5.91 Å². The molecule has 0 aliphatic carbocycles. The van der Waals surface area contributed by atoms with E-state index >= 15 is 0 Å². The van der Waals surface area contributed by atoms with Crippen LogP contribution in [0.2, 0.25) is 0 Å². The van der Waals surface area contributed by atoms with Gasteiger partial charge in [0.15, 0.2) is 11.0 Å². The van der Waals surface area contributed by atoms with Gasteiger partial charge < -0.3 is 5.32 Å². The van der Waals surface area contributed by atoms with Gasteiger partial charge in [-0.2, -0.15) is 0 Å². The van der Waals surface area contributed by atoms with Crippen LogP contribution in [0.4, 0.5) is 4.39 Å². The molecule has 0 saturated carbocycles. The molecule has 0 spiro atoms. The number of thioether (sulfide) groups is 1. The van der Waals surface area contributed by atoms with Crippen molar-refractivity contribution < 1.29 is 9.18 Å².